The van der Waals surface area contributed by atoms with Crippen molar-refractivity contribution in [2.75, 3.05) is 26.6 Å². The number of carbonyl (C=O) groups excluding carboxylic acids is 2. The van der Waals surface area contributed by atoms with Crippen molar-refractivity contribution < 1.29 is 23.8 Å². The first kappa shape index (κ1) is 26.0. The highest BCUT2D eigenvalue weighted by Crippen LogP contribution is 2.50. The fourth-order valence-corrected chi connectivity index (χ4v) is 4.73. The lowest BCUT2D eigenvalue weighted by atomic mass is 9.95. The van der Waals surface area contributed by atoms with Gasteiger partial charge in [-0.3, -0.25) is 14.4 Å². The monoisotopic (exact) mass is 522 g/mol. The van der Waals surface area contributed by atoms with E-state index in [0.29, 0.717) is 51.8 Å². The summed E-state index contributed by atoms with van der Waals surface area (Å²) in [6.45, 7) is 1.43. The first-order chi connectivity index (χ1) is 17.8. The van der Waals surface area contributed by atoms with Crippen LogP contribution in [0.15, 0.2) is 53.3 Å². The third kappa shape index (κ3) is 5.24. The van der Waals surface area contributed by atoms with Crippen LogP contribution in [0.4, 0.5) is 5.69 Å². The SMILES string of the molecule is COc1cc2c(c(OC)c1OC)-c1ccc(NC(=O)c3ccc(Cl)cc3)c(=O)cc1[C@H](NC(C)=O)CC2. The van der Waals surface area contributed by atoms with E-state index in [9.17, 15) is 14.4 Å². The van der Waals surface area contributed by atoms with Crippen LogP contribution in [0.3, 0.4) is 0 Å². The lowest BCUT2D eigenvalue weighted by Crippen LogP contribution is -2.26. The number of aryl methyl sites for hydroxylation is 1. The zero-order chi connectivity index (χ0) is 26.7. The minimum Gasteiger partial charge on any atom is -0.493 e. The van der Waals surface area contributed by atoms with Crippen molar-refractivity contribution in [1.29, 1.82) is 0 Å². The normalized spacial score (nSPS) is 13.9. The van der Waals surface area contributed by atoms with Gasteiger partial charge in [0.2, 0.25) is 17.1 Å². The standard InChI is InChI=1S/C28H27ClN2O6/c1-15(32)30-21-11-7-17-13-24(35-2)26(36-3)27(37-4)25(17)19-10-12-22(23(33)14-20(19)21)31-28(34)16-5-8-18(29)9-6-16/h5-6,8-10,12-14,21H,7,11H2,1-4H3,(H,30,32)(H,31,33,34)/t21-/m1/s1. The highest BCUT2D eigenvalue weighted by atomic mass is 35.5. The van der Waals surface area contributed by atoms with E-state index in [1.54, 1.807) is 43.5 Å². The number of amides is 2. The molecule has 192 valence electrons. The van der Waals surface area contributed by atoms with Crippen LogP contribution in [0, 0.1) is 0 Å². The Kier molecular flexibility index (Phi) is 7.69. The quantitative estimate of drug-likeness (QED) is 0.483. The van der Waals surface area contributed by atoms with Gasteiger partial charge in [-0.05, 0) is 72.0 Å². The molecule has 1 aliphatic rings. The molecule has 0 heterocycles. The van der Waals surface area contributed by atoms with Crippen LogP contribution in [0.2, 0.25) is 5.02 Å². The van der Waals surface area contributed by atoms with Crippen LogP contribution in [0.5, 0.6) is 17.2 Å². The second kappa shape index (κ2) is 10.9. The third-order valence-electron chi connectivity index (χ3n) is 6.27. The van der Waals surface area contributed by atoms with Gasteiger partial charge < -0.3 is 24.8 Å². The van der Waals surface area contributed by atoms with Gasteiger partial charge in [0, 0.05) is 23.1 Å². The Hall–Kier alpha value is -4.04. The summed E-state index contributed by atoms with van der Waals surface area (Å²) in [5.74, 6) is 0.709. The van der Waals surface area contributed by atoms with Crippen molar-refractivity contribution in [3.8, 4) is 28.4 Å². The van der Waals surface area contributed by atoms with Crippen molar-refractivity contribution in [1.82, 2.24) is 5.32 Å². The smallest absolute Gasteiger partial charge is 0.255 e. The van der Waals surface area contributed by atoms with Crippen molar-refractivity contribution in [3.63, 3.8) is 0 Å². The molecule has 0 bridgehead atoms. The van der Waals surface area contributed by atoms with Gasteiger partial charge in [0.25, 0.3) is 5.91 Å². The summed E-state index contributed by atoms with van der Waals surface area (Å²) >= 11 is 5.92. The number of hydrogen-bond donors (Lipinski definition) is 2. The maximum absolute atomic E-state index is 13.3. The maximum Gasteiger partial charge on any atom is 0.255 e. The second-order valence-electron chi connectivity index (χ2n) is 8.56. The molecule has 1 atom stereocenters. The van der Waals surface area contributed by atoms with Crippen molar-refractivity contribution in [2.24, 2.45) is 0 Å². The van der Waals surface area contributed by atoms with E-state index in [1.165, 1.54) is 27.2 Å². The predicted octanol–water partition coefficient (Wildman–Crippen LogP) is 4.77. The van der Waals surface area contributed by atoms with Gasteiger partial charge >= 0.3 is 0 Å². The van der Waals surface area contributed by atoms with E-state index in [0.717, 1.165) is 11.1 Å². The molecule has 0 radical (unpaired) electrons. The first-order valence-electron chi connectivity index (χ1n) is 11.6. The summed E-state index contributed by atoms with van der Waals surface area (Å²) < 4.78 is 16.9. The highest BCUT2D eigenvalue weighted by Gasteiger charge is 2.29. The van der Waals surface area contributed by atoms with Gasteiger partial charge in [0.1, 0.15) is 0 Å². The molecular weight excluding hydrogens is 496 g/mol. The molecule has 2 N–H and O–H groups in total. The number of anilines is 1. The van der Waals surface area contributed by atoms with Crippen LogP contribution in [-0.4, -0.2) is 33.1 Å². The van der Waals surface area contributed by atoms with Gasteiger partial charge in [0.15, 0.2) is 11.5 Å². The molecule has 4 rings (SSSR count). The van der Waals surface area contributed by atoms with Gasteiger partial charge in [-0.25, -0.2) is 0 Å². The molecular formula is C28H27ClN2O6. The fraction of sp³-hybridized carbons (Fsp3) is 0.250. The number of hydrogen-bond acceptors (Lipinski definition) is 6. The summed E-state index contributed by atoms with van der Waals surface area (Å²) in [5.41, 5.74) is 2.97. The maximum atomic E-state index is 13.3. The number of nitrogens with one attached hydrogen (secondary N) is 2. The predicted molar refractivity (Wildman–Crippen MR) is 142 cm³/mol. The Morgan fingerprint density at radius 2 is 1.65 bits per heavy atom. The molecule has 0 saturated heterocycles. The minimum absolute atomic E-state index is 0.0931. The molecule has 0 unspecified atom stereocenters. The van der Waals surface area contributed by atoms with Crippen LogP contribution in [0.25, 0.3) is 11.1 Å². The van der Waals surface area contributed by atoms with Gasteiger partial charge in [-0.1, -0.05) is 17.7 Å². The number of fused-ring (bicyclic) bond motifs is 3. The number of halogens is 1. The third-order valence-corrected chi connectivity index (χ3v) is 6.52. The zero-order valence-corrected chi connectivity index (χ0v) is 21.7. The Morgan fingerprint density at radius 3 is 2.27 bits per heavy atom. The Labute approximate surface area is 219 Å². The first-order valence-corrected chi connectivity index (χ1v) is 12.0. The molecule has 1 aliphatic carbocycles. The average molecular weight is 523 g/mol. The van der Waals surface area contributed by atoms with Crippen LogP contribution in [0.1, 0.15) is 40.9 Å². The van der Waals surface area contributed by atoms with Crippen molar-refractivity contribution in [3.05, 3.63) is 80.5 Å². The van der Waals surface area contributed by atoms with Crippen molar-refractivity contribution >= 4 is 29.1 Å². The van der Waals surface area contributed by atoms with Gasteiger partial charge in [-0.15, -0.1) is 0 Å². The summed E-state index contributed by atoms with van der Waals surface area (Å²) in [4.78, 5) is 38.2. The number of methoxy groups -OCH3 is 3. The summed E-state index contributed by atoms with van der Waals surface area (Å²) in [7, 11) is 4.61. The van der Waals surface area contributed by atoms with Gasteiger partial charge in [0.05, 0.1) is 33.1 Å². The van der Waals surface area contributed by atoms with Crippen LogP contribution >= 0.6 is 11.6 Å². The second-order valence-corrected chi connectivity index (χ2v) is 8.99. The number of rotatable bonds is 6. The number of ether oxygens (including phenoxy) is 3. The van der Waals surface area contributed by atoms with E-state index >= 15 is 0 Å². The van der Waals surface area contributed by atoms with E-state index in [4.69, 9.17) is 25.8 Å². The summed E-state index contributed by atoms with van der Waals surface area (Å²) in [6.07, 6.45) is 1.12. The Balaban J connectivity index is 1.92. The topological polar surface area (TPSA) is 103 Å². The molecule has 9 heteroatoms. The Morgan fingerprint density at radius 1 is 0.946 bits per heavy atom. The summed E-state index contributed by atoms with van der Waals surface area (Å²) in [6, 6.07) is 12.6. The molecule has 37 heavy (non-hydrogen) atoms. The molecule has 0 aliphatic heterocycles. The van der Waals surface area contributed by atoms with Crippen LogP contribution in [-0.2, 0) is 11.2 Å². The molecule has 3 aromatic carbocycles. The number of carbonyl (C=O) groups is 2. The van der Waals surface area contributed by atoms with E-state index in [-0.39, 0.29) is 11.6 Å². The molecule has 0 aromatic heterocycles. The minimum atomic E-state index is -0.446. The summed E-state index contributed by atoms with van der Waals surface area (Å²) in [5, 5.41) is 6.15. The van der Waals surface area contributed by atoms with Crippen molar-refractivity contribution in [2.45, 2.75) is 25.8 Å². The highest BCUT2D eigenvalue weighted by molar-refractivity contribution is 6.30. The fourth-order valence-electron chi connectivity index (χ4n) is 4.61. The lowest BCUT2D eigenvalue weighted by molar-refractivity contribution is -0.119. The molecule has 0 spiro atoms. The number of benzene rings is 2. The molecule has 8 nitrogen and oxygen atoms in total. The lowest BCUT2D eigenvalue weighted by Gasteiger charge is -2.19. The van der Waals surface area contributed by atoms with E-state index < -0.39 is 17.4 Å². The van der Waals surface area contributed by atoms with Crippen LogP contribution < -0.4 is 30.3 Å². The molecule has 3 aromatic rings. The Bertz CT molecular complexity index is 1420. The largest absolute Gasteiger partial charge is 0.493 e. The average Bonchev–Trinajstić information content (AvgIpc) is 3.12. The molecule has 2 amide bonds. The molecule has 0 fully saturated rings. The zero-order valence-electron chi connectivity index (χ0n) is 20.9. The van der Waals surface area contributed by atoms with E-state index in [2.05, 4.69) is 10.6 Å². The van der Waals surface area contributed by atoms with Gasteiger partial charge in [-0.2, -0.15) is 0 Å². The van der Waals surface area contributed by atoms with E-state index in [1.807, 2.05) is 6.07 Å². The molecule has 0 saturated carbocycles.